The van der Waals surface area contributed by atoms with Gasteiger partial charge in [0.2, 0.25) is 0 Å². The van der Waals surface area contributed by atoms with Crippen molar-refractivity contribution < 1.29 is 13.2 Å². The van der Waals surface area contributed by atoms with Crippen LogP contribution in [-0.4, -0.2) is 18.9 Å². The predicted molar refractivity (Wildman–Crippen MR) is 92.2 cm³/mol. The topological polar surface area (TPSA) is 97.3 Å². The number of hydrazine groups is 1. The highest BCUT2D eigenvalue weighted by atomic mass is 32.2. The summed E-state index contributed by atoms with van der Waals surface area (Å²) in [6, 6.07) is 6.47. The minimum Gasteiger partial charge on any atom is -0.294 e. The van der Waals surface area contributed by atoms with Crippen molar-refractivity contribution in [2.45, 2.75) is 38.1 Å². The highest BCUT2D eigenvalue weighted by molar-refractivity contribution is 7.89. The number of carbonyl (C=O) groups is 1. The normalized spacial score (nSPS) is 11.4. The molecule has 2 rings (SSSR count). The number of carbonyl (C=O) groups excluding carboxylic acids is 1. The Kier molecular flexibility index (Phi) is 5.92. The summed E-state index contributed by atoms with van der Waals surface area (Å²) in [6.45, 7) is 3.50. The number of aryl methyl sites for hydroxylation is 2. The molecular weight excluding hydrogens is 350 g/mol. The maximum atomic E-state index is 12.1. The minimum atomic E-state index is -3.85. The fourth-order valence-corrected chi connectivity index (χ4v) is 3.68. The first kappa shape index (κ1) is 18.4. The van der Waals surface area contributed by atoms with E-state index in [1.165, 1.54) is 16.7 Å². The van der Waals surface area contributed by atoms with Crippen molar-refractivity contribution in [2.24, 2.45) is 0 Å². The molecule has 2 N–H and O–H groups in total. The Morgan fingerprint density at radius 1 is 1.25 bits per heavy atom. The maximum absolute atomic E-state index is 12.1. The molecule has 0 aliphatic carbocycles. The molecule has 0 saturated carbocycles. The summed E-state index contributed by atoms with van der Waals surface area (Å²) in [7, 11) is -3.85. The fraction of sp³-hybridized carbons (Fsp3) is 0.333. The molecule has 1 aromatic heterocycles. The van der Waals surface area contributed by atoms with Crippen molar-refractivity contribution in [3.63, 3.8) is 0 Å². The van der Waals surface area contributed by atoms with E-state index in [0.717, 1.165) is 29.7 Å². The Morgan fingerprint density at radius 3 is 2.46 bits per heavy atom. The Balaban J connectivity index is 1.99. The summed E-state index contributed by atoms with van der Waals surface area (Å²) < 4.78 is 25.6. The number of nitrogens with zero attached hydrogens (tertiary/aromatic N) is 1. The maximum Gasteiger partial charge on any atom is 0.307 e. The Bertz CT molecular complexity index is 867. The van der Waals surface area contributed by atoms with Gasteiger partial charge in [-0.2, -0.15) is 0 Å². The second kappa shape index (κ2) is 7.73. The molecule has 24 heavy (non-hydrogen) atoms. The lowest BCUT2D eigenvalue weighted by Crippen LogP contribution is -2.43. The van der Waals surface area contributed by atoms with Gasteiger partial charge >= 0.3 is 4.87 Å². The van der Waals surface area contributed by atoms with Gasteiger partial charge < -0.3 is 0 Å². The van der Waals surface area contributed by atoms with Crippen LogP contribution >= 0.6 is 11.3 Å². The monoisotopic (exact) mass is 369 g/mol. The number of benzene rings is 1. The highest BCUT2D eigenvalue weighted by Crippen LogP contribution is 2.11. The zero-order valence-electron chi connectivity index (χ0n) is 13.4. The van der Waals surface area contributed by atoms with E-state index >= 15 is 0 Å². The van der Waals surface area contributed by atoms with E-state index in [-0.39, 0.29) is 16.3 Å². The second-order valence-corrected chi connectivity index (χ2v) is 7.78. The molecule has 130 valence electrons. The van der Waals surface area contributed by atoms with E-state index in [0.29, 0.717) is 5.69 Å². The van der Waals surface area contributed by atoms with E-state index < -0.39 is 15.9 Å². The van der Waals surface area contributed by atoms with Crippen molar-refractivity contribution in [1.82, 2.24) is 14.8 Å². The molecule has 0 aliphatic rings. The van der Waals surface area contributed by atoms with Crippen LogP contribution in [0.4, 0.5) is 0 Å². The number of hydrogen-bond donors (Lipinski definition) is 2. The van der Waals surface area contributed by atoms with Crippen molar-refractivity contribution in [3.8, 4) is 0 Å². The molecule has 0 fully saturated rings. The first-order valence-corrected chi connectivity index (χ1v) is 9.74. The molecule has 1 aromatic carbocycles. The van der Waals surface area contributed by atoms with Crippen LogP contribution < -0.4 is 15.1 Å². The van der Waals surface area contributed by atoms with Crippen LogP contribution in [0, 0.1) is 6.92 Å². The lowest BCUT2D eigenvalue weighted by atomic mass is 10.1. The van der Waals surface area contributed by atoms with Gasteiger partial charge in [0.15, 0.2) is 0 Å². The third-order valence-electron chi connectivity index (χ3n) is 3.38. The lowest BCUT2D eigenvalue weighted by Gasteiger charge is -2.10. The van der Waals surface area contributed by atoms with Crippen LogP contribution in [0.1, 0.15) is 24.6 Å². The van der Waals surface area contributed by atoms with Crippen molar-refractivity contribution in [2.75, 3.05) is 0 Å². The molecule has 9 heteroatoms. The third-order valence-corrected chi connectivity index (χ3v) is 5.52. The minimum absolute atomic E-state index is 0.0616. The number of amides is 1. The number of hydrogen-bond acceptors (Lipinski definition) is 5. The number of aromatic nitrogens is 1. The zero-order chi connectivity index (χ0) is 17.7. The van der Waals surface area contributed by atoms with Gasteiger partial charge in [0, 0.05) is 11.1 Å². The van der Waals surface area contributed by atoms with Crippen molar-refractivity contribution >= 4 is 27.3 Å². The Labute approximate surface area is 144 Å². The summed E-state index contributed by atoms with van der Waals surface area (Å²) in [5.41, 5.74) is 3.82. The van der Waals surface area contributed by atoms with E-state index in [4.69, 9.17) is 0 Å². The molecule has 1 amide bonds. The summed E-state index contributed by atoms with van der Waals surface area (Å²) in [4.78, 5) is 25.2. The van der Waals surface area contributed by atoms with Gasteiger partial charge in [-0.3, -0.25) is 19.6 Å². The Hall–Kier alpha value is -1.97. The number of thiazole rings is 1. The molecule has 0 atom stereocenters. The number of sulfonamides is 1. The number of rotatable bonds is 7. The molecule has 0 aliphatic heterocycles. The van der Waals surface area contributed by atoms with Gasteiger partial charge in [-0.15, -0.1) is 4.83 Å². The quantitative estimate of drug-likeness (QED) is 0.716. The summed E-state index contributed by atoms with van der Waals surface area (Å²) in [5.74, 6) is -0.621. The lowest BCUT2D eigenvalue weighted by molar-refractivity contribution is -0.122. The second-order valence-electron chi connectivity index (χ2n) is 5.28. The molecule has 0 bridgehead atoms. The highest BCUT2D eigenvalue weighted by Gasteiger charge is 2.16. The average Bonchev–Trinajstić information content (AvgIpc) is 2.86. The summed E-state index contributed by atoms with van der Waals surface area (Å²) >= 11 is 0.988. The van der Waals surface area contributed by atoms with Gasteiger partial charge in [0.25, 0.3) is 15.9 Å². The molecule has 1 heterocycles. The molecule has 7 nitrogen and oxygen atoms in total. The van der Waals surface area contributed by atoms with Gasteiger partial charge in [0.05, 0.1) is 4.90 Å². The van der Waals surface area contributed by atoms with Crippen LogP contribution in [0.2, 0.25) is 0 Å². The molecule has 2 aromatic rings. The Morgan fingerprint density at radius 2 is 1.92 bits per heavy atom. The van der Waals surface area contributed by atoms with E-state index in [1.54, 1.807) is 24.4 Å². The SMILES string of the molecule is CCCc1ccc(S(=O)(=O)NNC(=O)Cn2c(C)csc2=O)cc1. The smallest absolute Gasteiger partial charge is 0.294 e. The first-order valence-electron chi connectivity index (χ1n) is 7.38. The largest absolute Gasteiger partial charge is 0.307 e. The molecular formula is C15H19N3O4S2. The molecule has 0 spiro atoms. The third kappa shape index (κ3) is 4.53. The summed E-state index contributed by atoms with van der Waals surface area (Å²) in [5, 5.41) is 1.64. The average molecular weight is 369 g/mol. The number of nitrogens with one attached hydrogen (secondary N) is 2. The molecule has 0 saturated heterocycles. The summed E-state index contributed by atoms with van der Waals surface area (Å²) in [6.07, 6.45) is 1.85. The van der Waals surface area contributed by atoms with Gasteiger partial charge in [0.1, 0.15) is 6.54 Å². The van der Waals surface area contributed by atoms with E-state index in [9.17, 15) is 18.0 Å². The zero-order valence-corrected chi connectivity index (χ0v) is 15.0. The van der Waals surface area contributed by atoms with Crippen LogP contribution in [0.25, 0.3) is 0 Å². The van der Waals surface area contributed by atoms with Gasteiger partial charge in [-0.1, -0.05) is 36.8 Å². The van der Waals surface area contributed by atoms with Gasteiger partial charge in [-0.25, -0.2) is 8.42 Å². The van der Waals surface area contributed by atoms with Crippen LogP contribution in [-0.2, 0) is 27.8 Å². The van der Waals surface area contributed by atoms with E-state index in [1.807, 2.05) is 11.8 Å². The van der Waals surface area contributed by atoms with Crippen LogP contribution in [0.5, 0.6) is 0 Å². The standard InChI is InChI=1S/C15H19N3O4S2/c1-3-4-12-5-7-13(8-6-12)24(21,22)17-16-14(19)9-18-11(2)10-23-15(18)20/h5-8,10,17H,3-4,9H2,1-2H3,(H,16,19). The van der Waals surface area contributed by atoms with Crippen LogP contribution in [0.15, 0.2) is 39.3 Å². The van der Waals surface area contributed by atoms with Crippen molar-refractivity contribution in [1.29, 1.82) is 0 Å². The van der Waals surface area contributed by atoms with Gasteiger partial charge in [-0.05, 0) is 31.0 Å². The fourth-order valence-electron chi connectivity index (χ4n) is 2.09. The van der Waals surface area contributed by atoms with E-state index in [2.05, 4.69) is 5.43 Å². The van der Waals surface area contributed by atoms with Crippen LogP contribution in [0.3, 0.4) is 0 Å². The molecule has 0 unspecified atom stereocenters. The predicted octanol–water partition coefficient (Wildman–Crippen LogP) is 1.18. The molecule has 0 radical (unpaired) electrons. The first-order chi connectivity index (χ1) is 11.3. The van der Waals surface area contributed by atoms with Crippen molar-refractivity contribution in [3.05, 3.63) is 50.6 Å².